The van der Waals surface area contributed by atoms with Gasteiger partial charge in [0.05, 0.1) is 0 Å². The molecule has 0 spiro atoms. The summed E-state index contributed by atoms with van der Waals surface area (Å²) in [6.07, 6.45) is 0.980. The Morgan fingerprint density at radius 2 is 1.81 bits per heavy atom. The van der Waals surface area contributed by atoms with Crippen LogP contribution in [0.1, 0.15) is 34.1 Å². The van der Waals surface area contributed by atoms with Crippen LogP contribution >= 0.6 is 24.0 Å². The van der Waals surface area contributed by atoms with Crippen LogP contribution in [-0.4, -0.2) is 98.1 Å². The molecule has 7 nitrogen and oxygen atoms in total. The second-order valence-electron chi connectivity index (χ2n) is 7.84. The van der Waals surface area contributed by atoms with Crippen LogP contribution in [0.5, 0.6) is 0 Å². The Labute approximate surface area is 182 Å². The summed E-state index contributed by atoms with van der Waals surface area (Å²) in [7, 11) is 1.81. The van der Waals surface area contributed by atoms with Gasteiger partial charge < -0.3 is 20.4 Å². The van der Waals surface area contributed by atoms with Crippen molar-refractivity contribution in [3.8, 4) is 0 Å². The number of guanidine groups is 1. The summed E-state index contributed by atoms with van der Waals surface area (Å²) in [5.41, 5.74) is 0. The first-order chi connectivity index (χ1) is 12.4. The van der Waals surface area contributed by atoms with Gasteiger partial charge in [-0.15, -0.1) is 24.0 Å². The van der Waals surface area contributed by atoms with Gasteiger partial charge in [-0.05, 0) is 19.9 Å². The Hall–Kier alpha value is -0.610. The van der Waals surface area contributed by atoms with Crippen molar-refractivity contribution in [1.82, 2.24) is 25.3 Å². The summed E-state index contributed by atoms with van der Waals surface area (Å²) < 4.78 is 0. The second kappa shape index (κ2) is 12.1. The molecular weight excluding hydrogens is 455 g/mol. The number of halogens is 1. The molecule has 0 aliphatic carbocycles. The Morgan fingerprint density at radius 1 is 1.15 bits per heavy atom. The molecule has 2 unspecified atom stereocenters. The lowest BCUT2D eigenvalue weighted by atomic mass is 10.2. The molecule has 2 aliphatic heterocycles. The minimum Gasteiger partial charge on any atom is -0.355 e. The van der Waals surface area contributed by atoms with Crippen LogP contribution in [0.4, 0.5) is 0 Å². The summed E-state index contributed by atoms with van der Waals surface area (Å²) in [4.78, 5) is 23.5. The molecule has 0 aromatic heterocycles. The van der Waals surface area contributed by atoms with Crippen molar-refractivity contribution in [3.63, 3.8) is 0 Å². The monoisotopic (exact) mass is 494 g/mol. The fourth-order valence-electron chi connectivity index (χ4n) is 3.73. The van der Waals surface area contributed by atoms with Gasteiger partial charge in [-0.1, -0.05) is 20.8 Å². The van der Waals surface area contributed by atoms with Crippen LogP contribution in [0.3, 0.4) is 0 Å². The zero-order chi connectivity index (χ0) is 19.1. The fourth-order valence-corrected chi connectivity index (χ4v) is 3.73. The number of likely N-dealkylation sites (tertiary alicyclic amines) is 1. The molecule has 158 valence electrons. The quantitative estimate of drug-likeness (QED) is 0.329. The lowest BCUT2D eigenvalue weighted by molar-refractivity contribution is -0.133. The highest BCUT2D eigenvalue weighted by Gasteiger charge is 2.28. The highest BCUT2D eigenvalue weighted by Crippen LogP contribution is 2.12. The Morgan fingerprint density at radius 3 is 2.37 bits per heavy atom. The van der Waals surface area contributed by atoms with E-state index in [1.54, 1.807) is 0 Å². The molecule has 0 bridgehead atoms. The van der Waals surface area contributed by atoms with E-state index in [0.29, 0.717) is 6.04 Å². The number of hydrogen-bond donors (Lipinski definition) is 2. The van der Waals surface area contributed by atoms with Gasteiger partial charge in [-0.25, -0.2) is 0 Å². The van der Waals surface area contributed by atoms with Crippen LogP contribution in [-0.2, 0) is 4.79 Å². The van der Waals surface area contributed by atoms with Crippen LogP contribution in [0, 0.1) is 5.92 Å². The van der Waals surface area contributed by atoms with E-state index in [0.717, 1.165) is 64.7 Å². The number of aliphatic imine (C=N–C) groups is 1. The maximum atomic E-state index is 12.1. The molecule has 2 heterocycles. The Balaban J connectivity index is 0.00000364. The van der Waals surface area contributed by atoms with Gasteiger partial charge in [-0.3, -0.25) is 14.7 Å². The van der Waals surface area contributed by atoms with Crippen molar-refractivity contribution in [3.05, 3.63) is 0 Å². The molecule has 2 rings (SSSR count). The molecule has 2 saturated heterocycles. The van der Waals surface area contributed by atoms with Crippen LogP contribution < -0.4 is 10.6 Å². The number of amides is 1. The molecule has 2 fully saturated rings. The van der Waals surface area contributed by atoms with E-state index in [9.17, 15) is 4.79 Å². The van der Waals surface area contributed by atoms with Gasteiger partial charge in [0.2, 0.25) is 5.91 Å². The molecule has 0 aromatic rings. The van der Waals surface area contributed by atoms with Gasteiger partial charge in [0.25, 0.3) is 0 Å². The zero-order valence-electron chi connectivity index (χ0n) is 17.7. The fraction of sp³-hybridized carbons (Fsp3) is 0.895. The summed E-state index contributed by atoms with van der Waals surface area (Å²) in [5, 5.41) is 6.95. The van der Waals surface area contributed by atoms with Crippen molar-refractivity contribution in [1.29, 1.82) is 0 Å². The zero-order valence-corrected chi connectivity index (χ0v) is 20.0. The predicted octanol–water partition coefficient (Wildman–Crippen LogP) is 1.05. The van der Waals surface area contributed by atoms with Crippen molar-refractivity contribution in [2.45, 2.75) is 46.2 Å². The SMILES string of the molecule is CCN1CCN(C(C)CNC(=NC)NC2CCN(C(=O)C(C)C)C2)CC1.I. The molecule has 0 aromatic carbocycles. The maximum absolute atomic E-state index is 12.1. The third-order valence-electron chi connectivity index (χ3n) is 5.60. The number of hydrogen-bond acceptors (Lipinski definition) is 4. The molecule has 1 amide bonds. The van der Waals surface area contributed by atoms with E-state index >= 15 is 0 Å². The van der Waals surface area contributed by atoms with Crippen molar-refractivity contribution in [2.24, 2.45) is 10.9 Å². The van der Waals surface area contributed by atoms with Crippen molar-refractivity contribution < 1.29 is 4.79 Å². The van der Waals surface area contributed by atoms with Crippen LogP contribution in [0.15, 0.2) is 4.99 Å². The van der Waals surface area contributed by atoms with E-state index in [-0.39, 0.29) is 41.8 Å². The van der Waals surface area contributed by atoms with E-state index in [1.165, 1.54) is 0 Å². The lowest BCUT2D eigenvalue weighted by Gasteiger charge is -2.37. The molecule has 2 N–H and O–H groups in total. The second-order valence-corrected chi connectivity index (χ2v) is 7.84. The summed E-state index contributed by atoms with van der Waals surface area (Å²) in [5.74, 6) is 1.16. The van der Waals surface area contributed by atoms with E-state index in [2.05, 4.69) is 39.3 Å². The molecule has 2 atom stereocenters. The average Bonchev–Trinajstić information content (AvgIpc) is 3.12. The molecule has 0 radical (unpaired) electrons. The first-order valence-corrected chi connectivity index (χ1v) is 10.2. The number of rotatable bonds is 6. The Bertz CT molecular complexity index is 479. The Kier molecular flexibility index (Phi) is 10.9. The summed E-state index contributed by atoms with van der Waals surface area (Å²) in [6.45, 7) is 16.7. The van der Waals surface area contributed by atoms with Crippen LogP contribution in [0.2, 0.25) is 0 Å². The summed E-state index contributed by atoms with van der Waals surface area (Å²) >= 11 is 0. The number of likely N-dealkylation sites (N-methyl/N-ethyl adjacent to an activating group) is 1. The molecule has 27 heavy (non-hydrogen) atoms. The van der Waals surface area contributed by atoms with Crippen molar-refractivity contribution in [2.75, 3.05) is 59.4 Å². The number of nitrogens with one attached hydrogen (secondary N) is 2. The van der Waals surface area contributed by atoms with Gasteiger partial charge in [-0.2, -0.15) is 0 Å². The summed E-state index contributed by atoms with van der Waals surface area (Å²) in [6, 6.07) is 0.766. The molecular formula is C19H39IN6O. The van der Waals surface area contributed by atoms with E-state index in [1.807, 2.05) is 25.8 Å². The average molecular weight is 494 g/mol. The highest BCUT2D eigenvalue weighted by atomic mass is 127. The van der Waals surface area contributed by atoms with Gasteiger partial charge >= 0.3 is 0 Å². The molecule has 8 heteroatoms. The number of carbonyl (C=O) groups is 1. The van der Waals surface area contributed by atoms with Gasteiger partial charge in [0, 0.05) is 70.9 Å². The number of carbonyl (C=O) groups excluding carboxylic acids is 1. The van der Waals surface area contributed by atoms with E-state index < -0.39 is 0 Å². The topological polar surface area (TPSA) is 63.2 Å². The largest absolute Gasteiger partial charge is 0.355 e. The van der Waals surface area contributed by atoms with Gasteiger partial charge in [0.15, 0.2) is 5.96 Å². The minimum absolute atomic E-state index is 0. The molecule has 0 saturated carbocycles. The standard InChI is InChI=1S/C19H38N6O.HI/c1-6-23-9-11-24(12-10-23)16(4)13-21-19(20-5)22-17-7-8-25(14-17)18(26)15(2)3;/h15-17H,6-14H2,1-5H3,(H2,20,21,22);1H. The smallest absolute Gasteiger partial charge is 0.225 e. The normalized spacial score (nSPS) is 23.3. The molecule has 2 aliphatic rings. The highest BCUT2D eigenvalue weighted by molar-refractivity contribution is 14.0. The van der Waals surface area contributed by atoms with Gasteiger partial charge in [0.1, 0.15) is 0 Å². The van der Waals surface area contributed by atoms with Crippen LogP contribution in [0.25, 0.3) is 0 Å². The third kappa shape index (κ3) is 7.38. The number of piperazine rings is 1. The lowest BCUT2D eigenvalue weighted by Crippen LogP contribution is -2.53. The predicted molar refractivity (Wildman–Crippen MR) is 123 cm³/mol. The first-order valence-electron chi connectivity index (χ1n) is 10.2. The minimum atomic E-state index is 0. The van der Waals surface area contributed by atoms with Crippen molar-refractivity contribution >= 4 is 35.8 Å². The third-order valence-corrected chi connectivity index (χ3v) is 5.60. The first kappa shape index (κ1) is 24.4. The van der Waals surface area contributed by atoms with E-state index in [4.69, 9.17) is 0 Å². The maximum Gasteiger partial charge on any atom is 0.225 e. The number of nitrogens with zero attached hydrogens (tertiary/aromatic N) is 4.